The Balaban J connectivity index is 2.25. The van der Waals surface area contributed by atoms with Crippen LogP contribution in [0.2, 0.25) is 0 Å². The van der Waals surface area contributed by atoms with E-state index in [2.05, 4.69) is 20.7 Å². The van der Waals surface area contributed by atoms with Crippen LogP contribution in [0.4, 0.5) is 0 Å². The summed E-state index contributed by atoms with van der Waals surface area (Å²) in [7, 11) is 0. The maximum Gasteiger partial charge on any atom is 0.252 e. The highest BCUT2D eigenvalue weighted by Crippen LogP contribution is 2.20. The fourth-order valence-electron chi connectivity index (χ4n) is 2.34. The topological polar surface area (TPSA) is 88.9 Å². The van der Waals surface area contributed by atoms with Gasteiger partial charge in [0.05, 0.1) is 23.7 Å². The zero-order valence-corrected chi connectivity index (χ0v) is 14.2. The van der Waals surface area contributed by atoms with E-state index in [-0.39, 0.29) is 30.4 Å². The van der Waals surface area contributed by atoms with E-state index in [1.54, 1.807) is 16.9 Å². The van der Waals surface area contributed by atoms with Crippen LogP contribution in [-0.4, -0.2) is 39.2 Å². The maximum atomic E-state index is 12.4. The zero-order valence-electron chi connectivity index (χ0n) is 14.2. The van der Waals surface area contributed by atoms with Crippen molar-refractivity contribution in [1.82, 2.24) is 25.4 Å². The summed E-state index contributed by atoms with van der Waals surface area (Å²) in [6.45, 7) is 9.53. The lowest BCUT2D eigenvalue weighted by Gasteiger charge is -2.11. The van der Waals surface area contributed by atoms with Crippen molar-refractivity contribution in [3.8, 4) is 0 Å². The summed E-state index contributed by atoms with van der Waals surface area (Å²) in [6, 6.07) is 1.90. The van der Waals surface area contributed by atoms with Crippen LogP contribution in [0.3, 0.4) is 0 Å². The molecule has 0 unspecified atom stereocenters. The molecule has 2 amide bonds. The van der Waals surface area contributed by atoms with E-state index >= 15 is 0 Å². The summed E-state index contributed by atoms with van der Waals surface area (Å²) >= 11 is 0. The van der Waals surface area contributed by atoms with Gasteiger partial charge in [0.15, 0.2) is 5.65 Å². The Morgan fingerprint density at radius 3 is 2.57 bits per heavy atom. The normalized spacial score (nSPS) is 11.3. The molecule has 0 aliphatic rings. The number of carbonyl (C=O) groups excluding carboxylic acids is 2. The Bertz CT molecular complexity index is 733. The smallest absolute Gasteiger partial charge is 0.252 e. The number of fused-ring (bicyclic) bond motifs is 1. The second kappa shape index (κ2) is 6.76. The van der Waals surface area contributed by atoms with Gasteiger partial charge in [-0.3, -0.25) is 9.59 Å². The summed E-state index contributed by atoms with van der Waals surface area (Å²) in [5, 5.41) is 10.4. The van der Waals surface area contributed by atoms with Crippen molar-refractivity contribution in [3.63, 3.8) is 0 Å². The third-order valence-electron chi connectivity index (χ3n) is 3.29. The Morgan fingerprint density at radius 2 is 1.96 bits per heavy atom. The molecular weight excluding hydrogens is 294 g/mol. The van der Waals surface area contributed by atoms with Gasteiger partial charge in [0.25, 0.3) is 5.91 Å². The molecule has 0 aliphatic heterocycles. The minimum atomic E-state index is -0.303. The van der Waals surface area contributed by atoms with E-state index in [1.807, 2.05) is 34.6 Å². The number of carbonyl (C=O) groups is 2. The largest absolute Gasteiger partial charge is 0.352 e. The number of aryl methyl sites for hydroxylation is 1. The summed E-state index contributed by atoms with van der Waals surface area (Å²) < 4.78 is 1.78. The first-order valence-electron chi connectivity index (χ1n) is 7.72. The van der Waals surface area contributed by atoms with Crippen molar-refractivity contribution in [2.45, 2.75) is 46.7 Å². The molecule has 0 saturated carbocycles. The van der Waals surface area contributed by atoms with E-state index in [9.17, 15) is 9.59 Å². The second-order valence-corrected chi connectivity index (χ2v) is 6.14. The van der Waals surface area contributed by atoms with Crippen LogP contribution in [0.5, 0.6) is 0 Å². The van der Waals surface area contributed by atoms with Crippen LogP contribution >= 0.6 is 0 Å². The Kier molecular flexibility index (Phi) is 4.98. The number of rotatable bonds is 5. The molecule has 7 nitrogen and oxygen atoms in total. The second-order valence-electron chi connectivity index (χ2n) is 6.14. The van der Waals surface area contributed by atoms with E-state index in [0.717, 1.165) is 5.69 Å². The number of hydrogen-bond donors (Lipinski definition) is 2. The van der Waals surface area contributed by atoms with E-state index in [0.29, 0.717) is 16.6 Å². The molecule has 124 valence electrons. The molecule has 2 heterocycles. The fourth-order valence-corrected chi connectivity index (χ4v) is 2.34. The van der Waals surface area contributed by atoms with Gasteiger partial charge in [0.1, 0.15) is 0 Å². The van der Waals surface area contributed by atoms with Gasteiger partial charge in [-0.1, -0.05) is 0 Å². The monoisotopic (exact) mass is 317 g/mol. The molecular formula is C16H23N5O2. The highest BCUT2D eigenvalue weighted by molar-refractivity contribution is 6.06. The van der Waals surface area contributed by atoms with Gasteiger partial charge < -0.3 is 10.6 Å². The third kappa shape index (κ3) is 3.85. The first kappa shape index (κ1) is 16.9. The van der Waals surface area contributed by atoms with E-state index in [4.69, 9.17) is 0 Å². The lowest BCUT2D eigenvalue weighted by Crippen LogP contribution is -2.39. The molecule has 0 atom stereocenters. The molecule has 2 aromatic rings. The van der Waals surface area contributed by atoms with Crippen molar-refractivity contribution < 1.29 is 9.59 Å². The van der Waals surface area contributed by atoms with Crippen LogP contribution in [0.1, 0.15) is 49.8 Å². The predicted molar refractivity (Wildman–Crippen MR) is 88.3 cm³/mol. The van der Waals surface area contributed by atoms with Gasteiger partial charge in [-0.25, -0.2) is 9.67 Å². The first-order valence-corrected chi connectivity index (χ1v) is 7.72. The lowest BCUT2D eigenvalue weighted by atomic mass is 10.1. The Labute approximate surface area is 135 Å². The maximum absolute atomic E-state index is 12.4. The van der Waals surface area contributed by atoms with Crippen molar-refractivity contribution in [2.75, 3.05) is 6.54 Å². The predicted octanol–water partition coefficient (Wildman–Crippen LogP) is 1.58. The van der Waals surface area contributed by atoms with Gasteiger partial charge in [0.2, 0.25) is 5.91 Å². The minimum Gasteiger partial charge on any atom is -0.352 e. The molecule has 0 fully saturated rings. The zero-order chi connectivity index (χ0) is 17.1. The summed E-state index contributed by atoms with van der Waals surface area (Å²) in [5.74, 6) is -0.518. The molecule has 0 aliphatic carbocycles. The average molecular weight is 317 g/mol. The minimum absolute atomic E-state index is 0.0403. The molecule has 0 saturated heterocycles. The standard InChI is InChI=1S/C16H23N5O2/c1-9(2)19-14(22)8-17-16(23)12-6-11(5)20-15-13(12)7-18-21(15)10(3)4/h6-7,9-10H,8H2,1-5H3,(H,17,23)(H,19,22). The molecule has 2 rings (SSSR count). The summed E-state index contributed by atoms with van der Waals surface area (Å²) in [6.07, 6.45) is 1.64. The van der Waals surface area contributed by atoms with Crippen LogP contribution in [0.15, 0.2) is 12.3 Å². The summed E-state index contributed by atoms with van der Waals surface area (Å²) in [5.41, 5.74) is 1.89. The number of aromatic nitrogens is 3. The molecule has 23 heavy (non-hydrogen) atoms. The number of nitrogens with one attached hydrogen (secondary N) is 2. The van der Waals surface area contributed by atoms with Crippen molar-refractivity contribution >= 4 is 22.8 Å². The molecule has 7 heteroatoms. The Hall–Kier alpha value is -2.44. The van der Waals surface area contributed by atoms with Gasteiger partial charge in [0, 0.05) is 17.8 Å². The van der Waals surface area contributed by atoms with Crippen molar-refractivity contribution in [3.05, 3.63) is 23.5 Å². The number of amides is 2. The van der Waals surface area contributed by atoms with Crippen LogP contribution < -0.4 is 10.6 Å². The van der Waals surface area contributed by atoms with Gasteiger partial charge in [-0.15, -0.1) is 0 Å². The number of nitrogens with zero attached hydrogens (tertiary/aromatic N) is 3. The van der Waals surface area contributed by atoms with Gasteiger partial charge in [-0.05, 0) is 40.7 Å². The highest BCUT2D eigenvalue weighted by atomic mass is 16.2. The molecule has 2 aromatic heterocycles. The van der Waals surface area contributed by atoms with Gasteiger partial charge >= 0.3 is 0 Å². The van der Waals surface area contributed by atoms with E-state index in [1.165, 1.54) is 0 Å². The van der Waals surface area contributed by atoms with E-state index < -0.39 is 0 Å². The van der Waals surface area contributed by atoms with Gasteiger partial charge in [-0.2, -0.15) is 5.10 Å². The number of pyridine rings is 1. The van der Waals surface area contributed by atoms with Crippen LogP contribution in [0, 0.1) is 6.92 Å². The summed E-state index contributed by atoms with van der Waals surface area (Å²) in [4.78, 5) is 28.6. The van der Waals surface area contributed by atoms with Crippen molar-refractivity contribution in [1.29, 1.82) is 0 Å². The molecule has 0 bridgehead atoms. The molecule has 0 spiro atoms. The average Bonchev–Trinajstić information content (AvgIpc) is 2.86. The van der Waals surface area contributed by atoms with Crippen LogP contribution in [-0.2, 0) is 4.79 Å². The first-order chi connectivity index (χ1) is 10.8. The third-order valence-corrected chi connectivity index (χ3v) is 3.29. The molecule has 0 aromatic carbocycles. The van der Waals surface area contributed by atoms with Crippen LogP contribution in [0.25, 0.3) is 11.0 Å². The highest BCUT2D eigenvalue weighted by Gasteiger charge is 2.17. The number of hydrogen-bond acceptors (Lipinski definition) is 4. The lowest BCUT2D eigenvalue weighted by molar-refractivity contribution is -0.120. The Morgan fingerprint density at radius 1 is 1.26 bits per heavy atom. The quantitative estimate of drug-likeness (QED) is 0.876. The van der Waals surface area contributed by atoms with Crippen molar-refractivity contribution in [2.24, 2.45) is 0 Å². The SMILES string of the molecule is Cc1cc(C(=O)NCC(=O)NC(C)C)c2cnn(C(C)C)c2n1. The molecule has 0 radical (unpaired) electrons. The molecule has 2 N–H and O–H groups in total. The fraction of sp³-hybridized carbons (Fsp3) is 0.500.